The molecule has 1 saturated heterocycles. The van der Waals surface area contributed by atoms with E-state index in [2.05, 4.69) is 22.2 Å². The van der Waals surface area contributed by atoms with Crippen LogP contribution in [0.5, 0.6) is 0 Å². The van der Waals surface area contributed by atoms with E-state index >= 15 is 0 Å². The highest BCUT2D eigenvalue weighted by Gasteiger charge is 2.25. The number of ether oxygens (including phenoxy) is 1. The molecule has 3 rings (SSSR count). The van der Waals surface area contributed by atoms with E-state index in [0.29, 0.717) is 11.6 Å². The first-order valence-electron chi connectivity index (χ1n) is 9.49. The Hall–Kier alpha value is -1.66. The van der Waals surface area contributed by atoms with Gasteiger partial charge in [-0.25, -0.2) is 0 Å². The molecule has 1 aromatic heterocycles. The number of carbonyl (C=O) groups excluding carboxylic acids is 1. The van der Waals surface area contributed by atoms with Crippen LogP contribution in [-0.2, 0) is 11.8 Å². The smallest absolute Gasteiger partial charge is 0.272 e. The van der Waals surface area contributed by atoms with Gasteiger partial charge in [-0.15, -0.1) is 0 Å². The zero-order valence-electron chi connectivity index (χ0n) is 15.5. The van der Waals surface area contributed by atoms with Gasteiger partial charge >= 0.3 is 0 Å². The molecule has 1 atom stereocenters. The monoisotopic (exact) mass is 347 g/mol. The van der Waals surface area contributed by atoms with Crippen molar-refractivity contribution in [1.29, 1.82) is 0 Å². The number of amides is 1. The van der Waals surface area contributed by atoms with Crippen LogP contribution in [0.25, 0.3) is 0 Å². The number of rotatable bonds is 6. The highest BCUT2D eigenvalue weighted by atomic mass is 16.5. The predicted molar refractivity (Wildman–Crippen MR) is 96.7 cm³/mol. The Morgan fingerprint density at radius 3 is 2.84 bits per heavy atom. The van der Waals surface area contributed by atoms with E-state index in [4.69, 9.17) is 4.74 Å². The summed E-state index contributed by atoms with van der Waals surface area (Å²) in [6, 6.07) is 1.90. The van der Waals surface area contributed by atoms with Crippen LogP contribution in [-0.4, -0.2) is 66.5 Å². The fourth-order valence-corrected chi connectivity index (χ4v) is 3.79. The lowest BCUT2D eigenvalue weighted by molar-refractivity contribution is -0.907. The Kier molecular flexibility index (Phi) is 6.26. The maximum absolute atomic E-state index is 13.1. The first kappa shape index (κ1) is 18.1. The highest BCUT2D eigenvalue weighted by Crippen LogP contribution is 2.20. The second-order valence-electron chi connectivity index (χ2n) is 7.31. The molecule has 0 bridgehead atoms. The van der Waals surface area contributed by atoms with Crippen molar-refractivity contribution in [3.05, 3.63) is 29.6 Å². The lowest BCUT2D eigenvalue weighted by atomic mass is 9.94. The number of hydrogen-bond donors (Lipinski definition) is 1. The molecule has 6 nitrogen and oxygen atoms in total. The van der Waals surface area contributed by atoms with Gasteiger partial charge in [0.1, 0.15) is 18.8 Å². The van der Waals surface area contributed by atoms with Crippen LogP contribution in [0.4, 0.5) is 0 Å². The first-order valence-corrected chi connectivity index (χ1v) is 9.49. The Balaban J connectivity index is 1.67. The summed E-state index contributed by atoms with van der Waals surface area (Å²) < 4.78 is 7.16. The van der Waals surface area contributed by atoms with E-state index in [1.165, 1.54) is 11.3 Å². The van der Waals surface area contributed by atoms with Gasteiger partial charge in [0.05, 0.1) is 32.0 Å². The average Bonchev–Trinajstić information content (AvgIpc) is 2.98. The molecule has 0 spiro atoms. The Morgan fingerprint density at radius 2 is 2.20 bits per heavy atom. The molecular formula is C19H31N4O2+. The van der Waals surface area contributed by atoms with Gasteiger partial charge in [-0.3, -0.25) is 9.48 Å². The molecule has 1 amide bonds. The zero-order valence-corrected chi connectivity index (χ0v) is 15.5. The van der Waals surface area contributed by atoms with Crippen LogP contribution in [0.15, 0.2) is 18.2 Å². The van der Waals surface area contributed by atoms with Gasteiger partial charge in [-0.1, -0.05) is 12.2 Å². The summed E-state index contributed by atoms with van der Waals surface area (Å²) in [5.41, 5.74) is 1.59. The van der Waals surface area contributed by atoms with E-state index in [-0.39, 0.29) is 5.91 Å². The van der Waals surface area contributed by atoms with Crippen molar-refractivity contribution in [2.75, 3.05) is 45.9 Å². The zero-order chi connectivity index (χ0) is 17.6. The molecular weight excluding hydrogens is 316 g/mol. The summed E-state index contributed by atoms with van der Waals surface area (Å²) in [5.74, 6) is 0.688. The maximum Gasteiger partial charge on any atom is 0.272 e. The molecule has 0 aromatic carbocycles. The highest BCUT2D eigenvalue weighted by molar-refractivity contribution is 5.92. The minimum atomic E-state index is 0.116. The Bertz CT molecular complexity index is 605. The van der Waals surface area contributed by atoms with Crippen molar-refractivity contribution >= 4 is 5.91 Å². The summed E-state index contributed by atoms with van der Waals surface area (Å²) in [4.78, 5) is 16.7. The summed E-state index contributed by atoms with van der Waals surface area (Å²) >= 11 is 0. The molecule has 1 aliphatic heterocycles. The molecule has 1 N–H and O–H groups in total. The number of quaternary nitrogens is 1. The summed E-state index contributed by atoms with van der Waals surface area (Å²) in [7, 11) is 1.86. The Labute approximate surface area is 150 Å². The normalized spacial score (nSPS) is 21.4. The van der Waals surface area contributed by atoms with Gasteiger partial charge in [0.15, 0.2) is 0 Å². The molecule has 2 aliphatic rings. The van der Waals surface area contributed by atoms with Crippen LogP contribution in [0.1, 0.15) is 35.4 Å². The van der Waals surface area contributed by atoms with Crippen LogP contribution < -0.4 is 4.90 Å². The number of allylic oxidation sites excluding steroid dienone is 2. The fourth-order valence-electron chi connectivity index (χ4n) is 3.79. The second kappa shape index (κ2) is 8.63. The minimum absolute atomic E-state index is 0.116. The van der Waals surface area contributed by atoms with Crippen molar-refractivity contribution in [1.82, 2.24) is 14.7 Å². The lowest BCUT2D eigenvalue weighted by Crippen LogP contribution is -3.14. The third-order valence-electron chi connectivity index (χ3n) is 5.30. The number of nitrogens with zero attached hydrogens (tertiary/aromatic N) is 3. The van der Waals surface area contributed by atoms with Gasteiger partial charge in [-0.2, -0.15) is 5.10 Å². The van der Waals surface area contributed by atoms with E-state index in [9.17, 15) is 4.79 Å². The lowest BCUT2D eigenvalue weighted by Gasteiger charge is -2.30. The molecule has 0 unspecified atom stereocenters. The van der Waals surface area contributed by atoms with Gasteiger partial charge in [0.25, 0.3) is 5.91 Å². The summed E-state index contributed by atoms with van der Waals surface area (Å²) in [5, 5.41) is 4.35. The molecule has 1 fully saturated rings. The third kappa shape index (κ3) is 4.92. The van der Waals surface area contributed by atoms with Gasteiger partial charge in [-0.05, 0) is 38.2 Å². The number of hydrogen-bond acceptors (Lipinski definition) is 3. The van der Waals surface area contributed by atoms with Gasteiger partial charge in [0, 0.05) is 13.6 Å². The topological polar surface area (TPSA) is 51.8 Å². The summed E-state index contributed by atoms with van der Waals surface area (Å²) in [6.45, 7) is 8.32. The van der Waals surface area contributed by atoms with E-state index in [1.54, 1.807) is 4.68 Å². The van der Waals surface area contributed by atoms with E-state index in [1.807, 2.05) is 20.0 Å². The number of aromatic nitrogens is 2. The number of carbonyl (C=O) groups is 1. The minimum Gasteiger partial charge on any atom is -0.370 e. The fraction of sp³-hybridized carbons (Fsp3) is 0.684. The molecule has 0 radical (unpaired) electrons. The van der Waals surface area contributed by atoms with Crippen LogP contribution in [0, 0.1) is 12.8 Å². The number of nitrogens with one attached hydrogen (secondary N) is 1. The van der Waals surface area contributed by atoms with Gasteiger partial charge < -0.3 is 14.5 Å². The van der Waals surface area contributed by atoms with Crippen molar-refractivity contribution in [2.24, 2.45) is 13.0 Å². The maximum atomic E-state index is 13.1. The van der Waals surface area contributed by atoms with Crippen LogP contribution >= 0.6 is 0 Å². The first-order chi connectivity index (χ1) is 12.1. The number of morpholine rings is 1. The average molecular weight is 347 g/mol. The van der Waals surface area contributed by atoms with Crippen molar-refractivity contribution in [2.45, 2.75) is 26.2 Å². The molecule has 1 aromatic rings. The standard InChI is InChI=1S/C19H30N4O2/c1-16-14-18(21(2)20-16)19(24)23(15-17-6-4-3-5-7-17)9-8-22-10-12-25-13-11-22/h3-4,14,17H,5-13,15H2,1-2H3/p+1/t17-/m1/s1. The van der Waals surface area contributed by atoms with Crippen molar-refractivity contribution < 1.29 is 14.4 Å². The molecule has 138 valence electrons. The third-order valence-corrected chi connectivity index (χ3v) is 5.30. The molecule has 2 heterocycles. The quantitative estimate of drug-likeness (QED) is 0.760. The predicted octanol–water partition coefficient (Wildman–Crippen LogP) is 0.442. The molecule has 0 saturated carbocycles. The Morgan fingerprint density at radius 1 is 1.40 bits per heavy atom. The van der Waals surface area contributed by atoms with Crippen LogP contribution in [0.3, 0.4) is 0 Å². The van der Waals surface area contributed by atoms with Crippen molar-refractivity contribution in [3.63, 3.8) is 0 Å². The van der Waals surface area contributed by atoms with E-state index in [0.717, 1.165) is 64.5 Å². The van der Waals surface area contributed by atoms with Crippen molar-refractivity contribution in [3.8, 4) is 0 Å². The molecule has 6 heteroatoms. The van der Waals surface area contributed by atoms with Gasteiger partial charge in [0.2, 0.25) is 0 Å². The second-order valence-corrected chi connectivity index (χ2v) is 7.31. The van der Waals surface area contributed by atoms with E-state index < -0.39 is 0 Å². The van der Waals surface area contributed by atoms with Crippen LogP contribution in [0.2, 0.25) is 0 Å². The number of aryl methyl sites for hydroxylation is 2. The molecule has 1 aliphatic carbocycles. The SMILES string of the molecule is Cc1cc(C(=O)N(CC[NH+]2CCOCC2)C[C@@H]2CC=CCC2)n(C)n1. The summed E-state index contributed by atoms with van der Waals surface area (Å²) in [6.07, 6.45) is 7.91. The molecule has 25 heavy (non-hydrogen) atoms. The largest absolute Gasteiger partial charge is 0.370 e.